The molecule has 4 nitrogen and oxygen atoms in total. The van der Waals surface area contributed by atoms with Gasteiger partial charge in [0.1, 0.15) is 11.5 Å². The van der Waals surface area contributed by atoms with Gasteiger partial charge in [-0.25, -0.2) is 0 Å². The van der Waals surface area contributed by atoms with Gasteiger partial charge in [0.05, 0.1) is 16.8 Å². The highest BCUT2D eigenvalue weighted by Gasteiger charge is 2.46. The van der Waals surface area contributed by atoms with Gasteiger partial charge in [0.2, 0.25) is 0 Å². The monoisotopic (exact) mass is 428 g/mol. The number of aromatic hydroxyl groups is 2. The average molecular weight is 428 g/mol. The van der Waals surface area contributed by atoms with Gasteiger partial charge < -0.3 is 21.7 Å². The van der Waals surface area contributed by atoms with Crippen molar-refractivity contribution in [3.05, 3.63) is 106 Å². The van der Waals surface area contributed by atoms with E-state index < -0.39 is 5.41 Å². The fraction of sp³-hybridized carbons (Fsp3) is 0.0345. The standard InChI is InChI=1S/C29H20N2O2/c1-3-17-5-9-21-22-10-6-18(4-2)14-24(22)29(23(21)13-17,19-7-11-27(32)25(30)15-19)20-8-12-28(33)26(31)16-20/h1-2,5-16,32-33H,30-31H2. The van der Waals surface area contributed by atoms with Crippen LogP contribution in [0.1, 0.15) is 33.4 Å². The van der Waals surface area contributed by atoms with Gasteiger partial charge in [-0.2, -0.15) is 0 Å². The Kier molecular flexibility index (Phi) is 4.34. The quantitative estimate of drug-likeness (QED) is 0.188. The Labute approximate surface area is 192 Å². The lowest BCUT2D eigenvalue weighted by Gasteiger charge is -2.34. The molecule has 0 saturated carbocycles. The summed E-state index contributed by atoms with van der Waals surface area (Å²) < 4.78 is 0. The average Bonchev–Trinajstić information content (AvgIpc) is 3.12. The maximum atomic E-state index is 10.1. The van der Waals surface area contributed by atoms with E-state index in [1.807, 2.05) is 48.5 Å². The molecule has 0 amide bonds. The first-order valence-electron chi connectivity index (χ1n) is 10.3. The molecule has 33 heavy (non-hydrogen) atoms. The summed E-state index contributed by atoms with van der Waals surface area (Å²) in [7, 11) is 0. The number of phenolic OH excluding ortho intramolecular Hbond substituents is 2. The third-order valence-corrected chi connectivity index (χ3v) is 6.39. The second kappa shape index (κ2) is 7.12. The molecular weight excluding hydrogens is 408 g/mol. The molecule has 0 heterocycles. The summed E-state index contributed by atoms with van der Waals surface area (Å²) in [6.07, 6.45) is 11.5. The third kappa shape index (κ3) is 2.75. The molecule has 158 valence electrons. The molecule has 4 heteroatoms. The minimum atomic E-state index is -0.881. The van der Waals surface area contributed by atoms with E-state index in [1.165, 1.54) is 0 Å². The SMILES string of the molecule is C#Cc1ccc2c(c1)C(c1ccc(O)c(N)c1)(c1ccc(O)c(N)c1)c1cc(C#C)ccc1-2. The van der Waals surface area contributed by atoms with E-state index in [1.54, 1.807) is 24.3 Å². The Balaban J connectivity index is 2.01. The van der Waals surface area contributed by atoms with Crippen molar-refractivity contribution < 1.29 is 10.2 Å². The van der Waals surface area contributed by atoms with Crippen LogP contribution in [0, 0.1) is 24.7 Å². The van der Waals surface area contributed by atoms with Gasteiger partial charge in [-0.1, -0.05) is 36.1 Å². The summed E-state index contributed by atoms with van der Waals surface area (Å²) in [6.45, 7) is 0. The van der Waals surface area contributed by atoms with Gasteiger partial charge in [-0.3, -0.25) is 0 Å². The largest absolute Gasteiger partial charge is 0.506 e. The number of rotatable bonds is 2. The normalized spacial score (nSPS) is 12.9. The third-order valence-electron chi connectivity index (χ3n) is 6.39. The molecule has 0 saturated heterocycles. The van der Waals surface area contributed by atoms with Crippen LogP contribution in [0.25, 0.3) is 11.1 Å². The van der Waals surface area contributed by atoms with Gasteiger partial charge in [0.25, 0.3) is 0 Å². The zero-order valence-corrected chi connectivity index (χ0v) is 17.6. The maximum Gasteiger partial charge on any atom is 0.138 e. The predicted molar refractivity (Wildman–Crippen MR) is 132 cm³/mol. The summed E-state index contributed by atoms with van der Waals surface area (Å²) >= 11 is 0. The molecule has 4 aromatic rings. The topological polar surface area (TPSA) is 92.5 Å². The second-order valence-electron chi connectivity index (χ2n) is 8.11. The van der Waals surface area contributed by atoms with Gasteiger partial charge in [0.15, 0.2) is 0 Å². The van der Waals surface area contributed by atoms with Crippen molar-refractivity contribution in [3.63, 3.8) is 0 Å². The molecule has 0 atom stereocenters. The van der Waals surface area contributed by atoms with E-state index in [0.717, 1.165) is 44.5 Å². The number of benzene rings is 4. The van der Waals surface area contributed by atoms with Crippen LogP contribution >= 0.6 is 0 Å². The molecule has 0 aromatic heterocycles. The van der Waals surface area contributed by atoms with Crippen molar-refractivity contribution in [2.24, 2.45) is 0 Å². The first-order valence-corrected chi connectivity index (χ1v) is 10.3. The number of hydrogen-bond acceptors (Lipinski definition) is 4. The molecule has 0 spiro atoms. The molecule has 6 N–H and O–H groups in total. The molecule has 1 aliphatic carbocycles. The van der Waals surface area contributed by atoms with Crippen LogP contribution in [0.4, 0.5) is 11.4 Å². The Morgan fingerprint density at radius 3 is 1.39 bits per heavy atom. The highest BCUT2D eigenvalue weighted by molar-refractivity contribution is 5.88. The summed E-state index contributed by atoms with van der Waals surface area (Å²) in [5, 5.41) is 20.3. The number of anilines is 2. The lowest BCUT2D eigenvalue weighted by molar-refractivity contribution is 0.477. The van der Waals surface area contributed by atoms with Crippen molar-refractivity contribution in [1.82, 2.24) is 0 Å². The van der Waals surface area contributed by atoms with Gasteiger partial charge in [0, 0.05) is 11.1 Å². The minimum Gasteiger partial charge on any atom is -0.506 e. The molecular formula is C29H20N2O2. The van der Waals surface area contributed by atoms with Crippen LogP contribution in [-0.4, -0.2) is 10.2 Å². The van der Waals surface area contributed by atoms with Gasteiger partial charge >= 0.3 is 0 Å². The predicted octanol–water partition coefficient (Wildman–Crippen LogP) is 4.59. The zero-order valence-electron chi connectivity index (χ0n) is 17.6. The molecule has 5 rings (SSSR count). The maximum absolute atomic E-state index is 10.1. The Morgan fingerprint density at radius 1 is 0.606 bits per heavy atom. The van der Waals surface area contributed by atoms with E-state index >= 15 is 0 Å². The number of nitrogens with two attached hydrogens (primary N) is 2. The van der Waals surface area contributed by atoms with E-state index in [4.69, 9.17) is 24.3 Å². The lowest BCUT2D eigenvalue weighted by Crippen LogP contribution is -2.29. The molecule has 1 aliphatic rings. The van der Waals surface area contributed by atoms with Crippen molar-refractivity contribution in [3.8, 4) is 47.3 Å². The molecule has 0 unspecified atom stereocenters. The van der Waals surface area contributed by atoms with Crippen LogP contribution < -0.4 is 11.5 Å². The van der Waals surface area contributed by atoms with Gasteiger partial charge in [-0.15, -0.1) is 12.8 Å². The van der Waals surface area contributed by atoms with Crippen LogP contribution in [-0.2, 0) is 5.41 Å². The molecule has 0 bridgehead atoms. The number of phenols is 2. The van der Waals surface area contributed by atoms with E-state index in [-0.39, 0.29) is 22.9 Å². The fourth-order valence-electron chi connectivity index (χ4n) is 4.87. The van der Waals surface area contributed by atoms with Crippen LogP contribution in [0.5, 0.6) is 11.5 Å². The van der Waals surface area contributed by atoms with E-state index in [2.05, 4.69) is 11.8 Å². The molecule has 0 fully saturated rings. The highest BCUT2D eigenvalue weighted by atomic mass is 16.3. The van der Waals surface area contributed by atoms with Crippen molar-refractivity contribution >= 4 is 11.4 Å². The first kappa shape index (κ1) is 20.1. The second-order valence-corrected chi connectivity index (χ2v) is 8.11. The van der Waals surface area contributed by atoms with Crippen molar-refractivity contribution in [1.29, 1.82) is 0 Å². The molecule has 0 radical (unpaired) electrons. The minimum absolute atomic E-state index is 0.00712. The number of nitrogen functional groups attached to an aromatic ring is 2. The summed E-state index contributed by atoms with van der Waals surface area (Å²) in [6, 6.07) is 22.1. The summed E-state index contributed by atoms with van der Waals surface area (Å²) in [5.41, 5.74) is 18.9. The Morgan fingerprint density at radius 2 is 1.03 bits per heavy atom. The van der Waals surface area contributed by atoms with E-state index in [9.17, 15) is 10.2 Å². The van der Waals surface area contributed by atoms with Crippen molar-refractivity contribution in [2.45, 2.75) is 5.41 Å². The summed E-state index contributed by atoms with van der Waals surface area (Å²) in [5.74, 6) is 5.44. The Hall–Kier alpha value is -4.80. The fourth-order valence-corrected chi connectivity index (χ4v) is 4.87. The lowest BCUT2D eigenvalue weighted by atomic mass is 9.67. The highest BCUT2D eigenvalue weighted by Crippen LogP contribution is 2.57. The van der Waals surface area contributed by atoms with Crippen LogP contribution in [0.3, 0.4) is 0 Å². The summed E-state index contributed by atoms with van der Waals surface area (Å²) in [4.78, 5) is 0. The number of fused-ring (bicyclic) bond motifs is 3. The molecule has 0 aliphatic heterocycles. The van der Waals surface area contributed by atoms with Crippen molar-refractivity contribution in [2.75, 3.05) is 11.5 Å². The zero-order chi connectivity index (χ0) is 23.3. The van der Waals surface area contributed by atoms with Crippen LogP contribution in [0.15, 0.2) is 72.8 Å². The van der Waals surface area contributed by atoms with E-state index in [0.29, 0.717) is 0 Å². The van der Waals surface area contributed by atoms with Crippen LogP contribution in [0.2, 0.25) is 0 Å². The Bertz CT molecular complexity index is 1420. The smallest absolute Gasteiger partial charge is 0.138 e. The number of terminal acetylenes is 2. The first-order chi connectivity index (χ1) is 15.9. The number of hydrogen-bond donors (Lipinski definition) is 4. The van der Waals surface area contributed by atoms with Gasteiger partial charge in [-0.05, 0) is 81.9 Å². The molecule has 4 aromatic carbocycles.